The van der Waals surface area contributed by atoms with Crippen LogP contribution in [-0.4, -0.2) is 132 Å². The van der Waals surface area contributed by atoms with E-state index in [0.717, 1.165) is 19.4 Å². The normalized spacial score (nSPS) is 11.5. The molecule has 11 nitrogen and oxygen atoms in total. The number of hydrogen-bond acceptors (Lipinski definition) is 11. The van der Waals surface area contributed by atoms with Gasteiger partial charge in [-0.15, -0.1) is 0 Å². The average Bonchev–Trinajstić information content (AvgIpc) is 3.10. The standard InChI is InChI=1S/C38H76O11/c1-3-5-6-7-8-9-10-11-12-13-14-15-16-17-19-40-20-21-41-22-23-42-24-25-43-26-27-44-28-29-45-30-31-46-32-33-47-34-35-48-36-37-49-38(39)18-4-2/h3-37H2,1-2H3. The molecule has 0 rings (SSSR count). The molecule has 49 heavy (non-hydrogen) atoms. The molecule has 0 saturated heterocycles. The number of unbranched alkanes of at least 4 members (excludes halogenated alkanes) is 13. The first kappa shape index (κ1) is 48.1. The fraction of sp³-hybridized carbons (Fsp3) is 0.974. The molecule has 0 aromatic rings. The van der Waals surface area contributed by atoms with Crippen LogP contribution in [0.25, 0.3) is 0 Å². The molecular weight excluding hydrogens is 632 g/mol. The summed E-state index contributed by atoms with van der Waals surface area (Å²) in [5.74, 6) is -0.183. The lowest BCUT2D eigenvalue weighted by Crippen LogP contribution is -2.15. The van der Waals surface area contributed by atoms with Crippen molar-refractivity contribution in [1.29, 1.82) is 0 Å². The van der Waals surface area contributed by atoms with E-state index in [1.165, 1.54) is 83.5 Å². The Bertz CT molecular complexity index is 612. The highest BCUT2D eigenvalue weighted by Gasteiger charge is 2.00. The zero-order valence-corrected chi connectivity index (χ0v) is 31.7. The van der Waals surface area contributed by atoms with Gasteiger partial charge in [-0.05, 0) is 12.8 Å². The predicted molar refractivity (Wildman–Crippen MR) is 194 cm³/mol. The van der Waals surface area contributed by atoms with Crippen molar-refractivity contribution in [3.05, 3.63) is 0 Å². The van der Waals surface area contributed by atoms with Crippen molar-refractivity contribution in [2.45, 2.75) is 117 Å². The van der Waals surface area contributed by atoms with Gasteiger partial charge in [0.2, 0.25) is 0 Å². The largest absolute Gasteiger partial charge is 0.463 e. The smallest absolute Gasteiger partial charge is 0.305 e. The minimum absolute atomic E-state index is 0.183. The highest BCUT2D eigenvalue weighted by molar-refractivity contribution is 5.69. The van der Waals surface area contributed by atoms with Crippen LogP contribution in [0.1, 0.15) is 117 Å². The maximum atomic E-state index is 11.2. The SMILES string of the molecule is CCCCCCCCCCCCCCCCOCCOCCOCCOCCOCCOCCOCCOCCOCCOC(=O)CCC. The third kappa shape index (κ3) is 45.1. The maximum absolute atomic E-state index is 11.2. The van der Waals surface area contributed by atoms with Crippen LogP contribution in [0.2, 0.25) is 0 Å². The summed E-state index contributed by atoms with van der Waals surface area (Å²) in [6, 6.07) is 0. The minimum atomic E-state index is -0.183. The lowest BCUT2D eigenvalue weighted by molar-refractivity contribution is -0.145. The summed E-state index contributed by atoms with van der Waals surface area (Å²) in [5, 5.41) is 0. The van der Waals surface area contributed by atoms with Crippen LogP contribution in [0.5, 0.6) is 0 Å². The Morgan fingerprint density at radius 1 is 0.286 bits per heavy atom. The Hall–Kier alpha value is -0.890. The quantitative estimate of drug-likeness (QED) is 0.0484. The summed E-state index contributed by atoms with van der Waals surface area (Å²) >= 11 is 0. The van der Waals surface area contributed by atoms with E-state index in [9.17, 15) is 4.79 Å². The number of rotatable bonds is 44. The summed E-state index contributed by atoms with van der Waals surface area (Å²) < 4.78 is 54.5. The Kier molecular flexibility index (Phi) is 44.3. The van der Waals surface area contributed by atoms with Crippen LogP contribution in [0.15, 0.2) is 0 Å². The van der Waals surface area contributed by atoms with E-state index in [2.05, 4.69) is 6.92 Å². The molecule has 0 atom stereocenters. The van der Waals surface area contributed by atoms with Gasteiger partial charge in [0.1, 0.15) is 6.61 Å². The first-order valence-corrected chi connectivity index (χ1v) is 19.7. The molecule has 0 amide bonds. The second-order valence-electron chi connectivity index (χ2n) is 12.1. The van der Waals surface area contributed by atoms with Crippen LogP contribution in [0.4, 0.5) is 0 Å². The molecule has 0 bridgehead atoms. The third-order valence-corrected chi connectivity index (χ3v) is 7.56. The Morgan fingerprint density at radius 2 is 0.531 bits per heavy atom. The van der Waals surface area contributed by atoms with E-state index >= 15 is 0 Å². The molecule has 294 valence electrons. The average molecular weight is 709 g/mol. The summed E-state index contributed by atoms with van der Waals surface area (Å²) in [7, 11) is 0. The van der Waals surface area contributed by atoms with Crippen LogP contribution >= 0.6 is 0 Å². The molecule has 0 radical (unpaired) electrons. The van der Waals surface area contributed by atoms with Crippen molar-refractivity contribution in [3.8, 4) is 0 Å². The second-order valence-corrected chi connectivity index (χ2v) is 12.1. The molecule has 0 aromatic heterocycles. The van der Waals surface area contributed by atoms with Crippen molar-refractivity contribution < 1.29 is 52.2 Å². The highest BCUT2D eigenvalue weighted by atomic mass is 16.6. The van der Waals surface area contributed by atoms with Crippen molar-refractivity contribution in [2.75, 3.05) is 126 Å². The van der Waals surface area contributed by atoms with E-state index in [0.29, 0.717) is 119 Å². The first-order valence-electron chi connectivity index (χ1n) is 19.7. The van der Waals surface area contributed by atoms with Gasteiger partial charge >= 0.3 is 5.97 Å². The highest BCUT2D eigenvalue weighted by Crippen LogP contribution is 2.13. The number of carbonyl (C=O) groups is 1. The molecule has 0 unspecified atom stereocenters. The first-order chi connectivity index (χ1) is 24.3. The topological polar surface area (TPSA) is 109 Å². The summed E-state index contributed by atoms with van der Waals surface area (Å²) in [5.41, 5.74) is 0. The van der Waals surface area contributed by atoms with E-state index in [1.807, 2.05) is 6.92 Å². The molecule has 0 N–H and O–H groups in total. The van der Waals surface area contributed by atoms with Crippen molar-refractivity contribution >= 4 is 5.97 Å². The number of hydrogen-bond donors (Lipinski definition) is 0. The Balaban J connectivity index is 3.06. The summed E-state index contributed by atoms with van der Waals surface area (Å²) in [6.07, 6.45) is 20.5. The van der Waals surface area contributed by atoms with Crippen LogP contribution < -0.4 is 0 Å². The van der Waals surface area contributed by atoms with Crippen LogP contribution in [0, 0.1) is 0 Å². The van der Waals surface area contributed by atoms with Gasteiger partial charge in [-0.25, -0.2) is 0 Å². The summed E-state index contributed by atoms with van der Waals surface area (Å²) in [4.78, 5) is 11.2. The van der Waals surface area contributed by atoms with Gasteiger partial charge in [-0.3, -0.25) is 4.79 Å². The van der Waals surface area contributed by atoms with Gasteiger partial charge in [-0.2, -0.15) is 0 Å². The van der Waals surface area contributed by atoms with Crippen molar-refractivity contribution in [2.24, 2.45) is 0 Å². The van der Waals surface area contributed by atoms with Gasteiger partial charge in [0.15, 0.2) is 0 Å². The molecule has 0 aliphatic carbocycles. The van der Waals surface area contributed by atoms with Gasteiger partial charge in [0.25, 0.3) is 0 Å². The van der Waals surface area contributed by atoms with Crippen LogP contribution in [0.3, 0.4) is 0 Å². The van der Waals surface area contributed by atoms with E-state index in [1.54, 1.807) is 0 Å². The lowest BCUT2D eigenvalue weighted by atomic mass is 10.0. The zero-order valence-electron chi connectivity index (χ0n) is 31.7. The minimum Gasteiger partial charge on any atom is -0.463 e. The molecule has 0 aliphatic rings. The Morgan fingerprint density at radius 3 is 0.816 bits per heavy atom. The maximum Gasteiger partial charge on any atom is 0.305 e. The number of esters is 1. The molecule has 0 saturated carbocycles. The van der Waals surface area contributed by atoms with Gasteiger partial charge < -0.3 is 47.4 Å². The molecule has 0 spiro atoms. The fourth-order valence-corrected chi connectivity index (χ4v) is 4.75. The van der Waals surface area contributed by atoms with E-state index in [4.69, 9.17) is 47.4 Å². The fourth-order valence-electron chi connectivity index (χ4n) is 4.75. The summed E-state index contributed by atoms with van der Waals surface area (Å²) in [6.45, 7) is 14.2. The zero-order chi connectivity index (χ0) is 35.4. The molecule has 0 heterocycles. The second kappa shape index (κ2) is 45.1. The molecule has 11 heteroatoms. The van der Waals surface area contributed by atoms with Crippen LogP contribution in [-0.2, 0) is 52.2 Å². The molecule has 0 aliphatic heterocycles. The number of carbonyl (C=O) groups excluding carboxylic acids is 1. The Labute approximate surface area is 300 Å². The van der Waals surface area contributed by atoms with E-state index in [-0.39, 0.29) is 12.6 Å². The van der Waals surface area contributed by atoms with Gasteiger partial charge in [-0.1, -0.05) is 97.3 Å². The third-order valence-electron chi connectivity index (χ3n) is 7.56. The van der Waals surface area contributed by atoms with E-state index < -0.39 is 0 Å². The molecule has 0 fully saturated rings. The molecule has 0 aromatic carbocycles. The number of ether oxygens (including phenoxy) is 10. The van der Waals surface area contributed by atoms with Crippen molar-refractivity contribution in [3.63, 3.8) is 0 Å². The van der Waals surface area contributed by atoms with Gasteiger partial charge in [0.05, 0.1) is 112 Å². The lowest BCUT2D eigenvalue weighted by Gasteiger charge is -2.09. The van der Waals surface area contributed by atoms with Crippen molar-refractivity contribution in [1.82, 2.24) is 0 Å². The van der Waals surface area contributed by atoms with Gasteiger partial charge in [0, 0.05) is 13.0 Å². The monoisotopic (exact) mass is 709 g/mol. The molecular formula is C38H76O11. The predicted octanol–water partition coefficient (Wildman–Crippen LogP) is 6.96.